The second kappa shape index (κ2) is 5.70. The Morgan fingerprint density at radius 1 is 1.24 bits per heavy atom. The fraction of sp³-hybridized carbons (Fsp3) is 0.611. The van der Waals surface area contributed by atoms with E-state index in [-0.39, 0.29) is 5.91 Å². The Balaban J connectivity index is 1.88. The number of anilines is 1. The van der Waals surface area contributed by atoms with E-state index >= 15 is 0 Å². The van der Waals surface area contributed by atoms with Gasteiger partial charge in [-0.15, -0.1) is 0 Å². The van der Waals surface area contributed by atoms with Gasteiger partial charge in [0.25, 0.3) is 5.91 Å². The second-order valence-corrected chi connectivity index (χ2v) is 6.80. The van der Waals surface area contributed by atoms with Gasteiger partial charge in [0, 0.05) is 23.8 Å². The summed E-state index contributed by atoms with van der Waals surface area (Å²) in [7, 11) is 0. The first kappa shape index (κ1) is 14.4. The molecule has 0 radical (unpaired) electrons. The highest BCUT2D eigenvalue weighted by Crippen LogP contribution is 2.39. The minimum Gasteiger partial charge on any atom is -0.398 e. The molecule has 1 aromatic carbocycles. The molecule has 1 amide bonds. The zero-order valence-corrected chi connectivity index (χ0v) is 13.1. The third kappa shape index (κ3) is 2.54. The van der Waals surface area contributed by atoms with Crippen LogP contribution in [0.5, 0.6) is 0 Å². The maximum atomic E-state index is 13.0. The highest BCUT2D eigenvalue weighted by molar-refractivity contribution is 5.97. The molecule has 0 spiro atoms. The monoisotopic (exact) mass is 286 g/mol. The van der Waals surface area contributed by atoms with Crippen molar-refractivity contribution in [1.82, 2.24) is 4.90 Å². The third-order valence-electron chi connectivity index (χ3n) is 5.61. The zero-order valence-electron chi connectivity index (χ0n) is 13.1. The van der Waals surface area contributed by atoms with E-state index in [1.165, 1.54) is 25.7 Å². The highest BCUT2D eigenvalue weighted by atomic mass is 16.2. The summed E-state index contributed by atoms with van der Waals surface area (Å²) in [6, 6.07) is 6.12. The molecule has 114 valence electrons. The van der Waals surface area contributed by atoms with Gasteiger partial charge < -0.3 is 10.6 Å². The fourth-order valence-corrected chi connectivity index (χ4v) is 4.21. The first-order valence-electron chi connectivity index (χ1n) is 8.25. The minimum atomic E-state index is 0.184. The average molecular weight is 286 g/mol. The predicted octanol–water partition coefficient (Wildman–Crippen LogP) is 3.62. The number of nitrogen functional groups attached to an aromatic ring is 1. The number of nitrogens with two attached hydrogens (primary N) is 1. The van der Waals surface area contributed by atoms with Crippen molar-refractivity contribution in [2.75, 3.05) is 12.3 Å². The molecule has 1 heterocycles. The first-order valence-corrected chi connectivity index (χ1v) is 8.25. The summed E-state index contributed by atoms with van der Waals surface area (Å²) in [5, 5.41) is 0. The molecule has 2 aliphatic rings. The molecule has 1 aliphatic heterocycles. The molecular weight excluding hydrogens is 260 g/mol. The van der Waals surface area contributed by atoms with Gasteiger partial charge in [-0.3, -0.25) is 4.79 Å². The van der Waals surface area contributed by atoms with Gasteiger partial charge in [0.2, 0.25) is 0 Å². The van der Waals surface area contributed by atoms with Gasteiger partial charge in [-0.2, -0.15) is 0 Å². The molecule has 1 aliphatic carbocycles. The highest BCUT2D eigenvalue weighted by Gasteiger charge is 2.39. The number of fused-ring (bicyclic) bond motifs is 1. The van der Waals surface area contributed by atoms with E-state index in [1.54, 1.807) is 0 Å². The molecule has 0 aromatic heterocycles. The lowest BCUT2D eigenvalue weighted by Gasteiger charge is -2.47. The van der Waals surface area contributed by atoms with Crippen LogP contribution in [-0.4, -0.2) is 23.4 Å². The third-order valence-corrected chi connectivity index (χ3v) is 5.61. The minimum absolute atomic E-state index is 0.184. The van der Waals surface area contributed by atoms with Gasteiger partial charge in [0.15, 0.2) is 0 Å². The molecule has 1 saturated carbocycles. The second-order valence-electron chi connectivity index (χ2n) is 6.80. The van der Waals surface area contributed by atoms with Gasteiger partial charge in [-0.25, -0.2) is 0 Å². The van der Waals surface area contributed by atoms with Gasteiger partial charge in [-0.05, 0) is 55.7 Å². The smallest absolute Gasteiger partial charge is 0.254 e. The van der Waals surface area contributed by atoms with Crippen molar-refractivity contribution >= 4 is 11.6 Å². The lowest BCUT2D eigenvalue weighted by Crippen LogP contribution is -2.52. The lowest BCUT2D eigenvalue weighted by atomic mass is 9.72. The number of likely N-dealkylation sites (tertiary alicyclic amines) is 1. The van der Waals surface area contributed by atoms with E-state index in [9.17, 15) is 4.79 Å². The van der Waals surface area contributed by atoms with Crippen molar-refractivity contribution in [3.8, 4) is 0 Å². The molecule has 3 rings (SSSR count). The SMILES string of the molecule is Cc1c(N)cccc1C(=O)N1CCC(C)C2CCCCC21. The van der Waals surface area contributed by atoms with Crippen molar-refractivity contribution in [3.05, 3.63) is 29.3 Å². The van der Waals surface area contributed by atoms with Crippen LogP contribution in [0.25, 0.3) is 0 Å². The lowest BCUT2D eigenvalue weighted by molar-refractivity contribution is 0.0217. The van der Waals surface area contributed by atoms with E-state index in [0.29, 0.717) is 17.6 Å². The van der Waals surface area contributed by atoms with Crippen LogP contribution in [0, 0.1) is 18.8 Å². The fourth-order valence-electron chi connectivity index (χ4n) is 4.21. The molecule has 3 atom stereocenters. The number of carbonyl (C=O) groups excluding carboxylic acids is 1. The van der Waals surface area contributed by atoms with Crippen LogP contribution in [0.3, 0.4) is 0 Å². The van der Waals surface area contributed by atoms with Crippen molar-refractivity contribution in [3.63, 3.8) is 0 Å². The normalized spacial score (nSPS) is 29.0. The van der Waals surface area contributed by atoms with Gasteiger partial charge in [0.1, 0.15) is 0 Å². The number of benzene rings is 1. The summed E-state index contributed by atoms with van der Waals surface area (Å²) in [6.07, 6.45) is 6.17. The first-order chi connectivity index (χ1) is 10.1. The van der Waals surface area contributed by atoms with E-state index < -0.39 is 0 Å². The van der Waals surface area contributed by atoms with Gasteiger partial charge in [0.05, 0.1) is 0 Å². The largest absolute Gasteiger partial charge is 0.398 e. The molecule has 1 saturated heterocycles. The van der Waals surface area contributed by atoms with E-state index in [1.807, 2.05) is 25.1 Å². The summed E-state index contributed by atoms with van der Waals surface area (Å²) in [4.78, 5) is 15.1. The van der Waals surface area contributed by atoms with E-state index in [2.05, 4.69) is 11.8 Å². The number of piperidine rings is 1. The molecule has 2 fully saturated rings. The Hall–Kier alpha value is -1.51. The van der Waals surface area contributed by atoms with E-state index in [0.717, 1.165) is 30.0 Å². The number of nitrogens with zero attached hydrogens (tertiary/aromatic N) is 1. The van der Waals surface area contributed by atoms with Gasteiger partial charge >= 0.3 is 0 Å². The Bertz CT molecular complexity index is 540. The molecule has 0 bridgehead atoms. The average Bonchev–Trinajstić information content (AvgIpc) is 2.50. The summed E-state index contributed by atoms with van der Waals surface area (Å²) in [6.45, 7) is 5.21. The van der Waals surface area contributed by atoms with Crippen LogP contribution in [0.4, 0.5) is 5.69 Å². The Labute approximate surface area is 127 Å². The van der Waals surface area contributed by atoms with Crippen molar-refractivity contribution < 1.29 is 4.79 Å². The number of hydrogen-bond donors (Lipinski definition) is 1. The van der Waals surface area contributed by atoms with Crippen LogP contribution < -0.4 is 5.73 Å². The number of amides is 1. The van der Waals surface area contributed by atoms with Gasteiger partial charge in [-0.1, -0.05) is 25.8 Å². The van der Waals surface area contributed by atoms with Crippen LogP contribution in [0.1, 0.15) is 54.9 Å². The topological polar surface area (TPSA) is 46.3 Å². The Morgan fingerprint density at radius 3 is 2.81 bits per heavy atom. The van der Waals surface area contributed by atoms with Crippen molar-refractivity contribution in [1.29, 1.82) is 0 Å². The van der Waals surface area contributed by atoms with Crippen molar-refractivity contribution in [2.45, 2.75) is 52.0 Å². The van der Waals surface area contributed by atoms with Crippen molar-refractivity contribution in [2.24, 2.45) is 11.8 Å². The Kier molecular flexibility index (Phi) is 3.92. The molecular formula is C18H26N2O. The van der Waals surface area contributed by atoms with Crippen LogP contribution >= 0.6 is 0 Å². The number of carbonyl (C=O) groups is 1. The maximum Gasteiger partial charge on any atom is 0.254 e. The van der Waals surface area contributed by atoms with E-state index in [4.69, 9.17) is 5.73 Å². The summed E-state index contributed by atoms with van der Waals surface area (Å²) in [5.74, 6) is 1.63. The quantitative estimate of drug-likeness (QED) is 0.801. The molecule has 2 N–H and O–H groups in total. The molecule has 21 heavy (non-hydrogen) atoms. The van der Waals surface area contributed by atoms with Crippen LogP contribution in [0.15, 0.2) is 18.2 Å². The molecule has 3 unspecified atom stereocenters. The summed E-state index contributed by atoms with van der Waals surface area (Å²) in [5.41, 5.74) is 8.40. The van der Waals surface area contributed by atoms with Crippen LogP contribution in [0.2, 0.25) is 0 Å². The number of hydrogen-bond acceptors (Lipinski definition) is 2. The zero-order chi connectivity index (χ0) is 15.0. The molecule has 3 heteroatoms. The van der Waals surface area contributed by atoms with Crippen LogP contribution in [-0.2, 0) is 0 Å². The molecule has 3 nitrogen and oxygen atoms in total. The maximum absolute atomic E-state index is 13.0. The summed E-state index contributed by atoms with van der Waals surface area (Å²) >= 11 is 0. The predicted molar refractivity (Wildman–Crippen MR) is 86.2 cm³/mol. The summed E-state index contributed by atoms with van der Waals surface area (Å²) < 4.78 is 0. The number of rotatable bonds is 1. The Morgan fingerprint density at radius 2 is 2.00 bits per heavy atom. The standard InChI is InChI=1S/C18H26N2O/c1-12-10-11-20(17-9-4-3-6-14(12)17)18(21)15-7-5-8-16(19)13(15)2/h5,7-8,12,14,17H,3-4,6,9-11,19H2,1-2H3. The molecule has 1 aromatic rings.